The molecule has 2 aliphatic heterocycles. The lowest BCUT2D eigenvalue weighted by Gasteiger charge is -2.40. The van der Waals surface area contributed by atoms with Crippen LogP contribution in [0.2, 0.25) is 0 Å². The maximum absolute atomic E-state index is 13.8. The van der Waals surface area contributed by atoms with E-state index >= 15 is 0 Å². The summed E-state index contributed by atoms with van der Waals surface area (Å²) < 4.78 is 10.8. The molecule has 2 aromatic rings. The van der Waals surface area contributed by atoms with Crippen LogP contribution >= 0.6 is 0 Å². The van der Waals surface area contributed by atoms with Gasteiger partial charge in [-0.1, -0.05) is 12.1 Å². The molecule has 1 spiro atoms. The molecule has 2 aliphatic rings. The predicted molar refractivity (Wildman–Crippen MR) is 115 cm³/mol. The number of furan rings is 1. The van der Waals surface area contributed by atoms with E-state index in [0.717, 1.165) is 18.4 Å². The van der Waals surface area contributed by atoms with Crippen molar-refractivity contribution in [3.8, 4) is 5.75 Å². The van der Waals surface area contributed by atoms with Crippen LogP contribution in [-0.2, 0) is 20.8 Å². The Labute approximate surface area is 186 Å². The molecule has 170 valence electrons. The largest absolute Gasteiger partial charge is 0.497 e. The number of aliphatic carboxylic acids is 1. The summed E-state index contributed by atoms with van der Waals surface area (Å²) in [5.74, 6) is -1.39. The first-order chi connectivity index (χ1) is 15.4. The topological polar surface area (TPSA) is 100 Å². The van der Waals surface area contributed by atoms with Crippen molar-refractivity contribution in [1.29, 1.82) is 0 Å². The number of carbonyl (C=O) groups is 3. The van der Waals surface area contributed by atoms with Crippen LogP contribution in [0.3, 0.4) is 0 Å². The smallest absolute Gasteiger partial charge is 0.309 e. The van der Waals surface area contributed by atoms with Crippen LogP contribution in [0.15, 0.2) is 47.1 Å². The molecule has 8 heteroatoms. The van der Waals surface area contributed by atoms with Crippen LogP contribution in [0.4, 0.5) is 0 Å². The number of nitrogens with zero attached hydrogens (tertiary/aromatic N) is 2. The van der Waals surface area contributed by atoms with Gasteiger partial charge < -0.3 is 24.1 Å². The van der Waals surface area contributed by atoms with Gasteiger partial charge in [-0.05, 0) is 55.5 Å². The molecular formula is C24H28N2O6. The summed E-state index contributed by atoms with van der Waals surface area (Å²) in [6, 6.07) is 9.66. The van der Waals surface area contributed by atoms with Gasteiger partial charge in [0.15, 0.2) is 0 Å². The average Bonchev–Trinajstić information content (AvgIpc) is 3.40. The van der Waals surface area contributed by atoms with Gasteiger partial charge in [-0.15, -0.1) is 0 Å². The molecule has 0 bridgehead atoms. The lowest BCUT2D eigenvalue weighted by atomic mass is 9.85. The highest BCUT2D eigenvalue weighted by Gasteiger charge is 2.61. The number of ether oxygens (including phenoxy) is 1. The zero-order valence-corrected chi connectivity index (χ0v) is 18.3. The van der Waals surface area contributed by atoms with Crippen molar-refractivity contribution in [3.63, 3.8) is 0 Å². The van der Waals surface area contributed by atoms with E-state index < -0.39 is 23.5 Å². The standard InChI is InChI=1S/C24H28N2O6/c1-25-12-4-3-11-24(23(25)30)15-18(22(28)29)21(19-6-5-13-32-19)26(24)20(27)14-16-7-9-17(31-2)10-8-16/h5-10,13,18,21H,3-4,11-12,14-15H2,1-2H3,(H,28,29)/t18-,21+,24-/m0/s1. The number of methoxy groups -OCH3 is 1. The highest BCUT2D eigenvalue weighted by atomic mass is 16.5. The molecular weight excluding hydrogens is 412 g/mol. The number of carboxylic acid groups (broad SMARTS) is 1. The van der Waals surface area contributed by atoms with Gasteiger partial charge in [-0.3, -0.25) is 14.4 Å². The number of amides is 2. The highest BCUT2D eigenvalue weighted by Crippen LogP contribution is 2.51. The second kappa shape index (κ2) is 8.68. The van der Waals surface area contributed by atoms with Gasteiger partial charge in [0.1, 0.15) is 23.1 Å². The summed E-state index contributed by atoms with van der Waals surface area (Å²) in [5.41, 5.74) is -0.438. The normalized spacial score (nSPS) is 25.8. The molecule has 3 heterocycles. The lowest BCUT2D eigenvalue weighted by molar-refractivity contribution is -0.152. The van der Waals surface area contributed by atoms with Crippen LogP contribution in [0.1, 0.15) is 43.0 Å². The van der Waals surface area contributed by atoms with E-state index in [-0.39, 0.29) is 24.7 Å². The fourth-order valence-corrected chi connectivity index (χ4v) is 5.17. The maximum Gasteiger partial charge on any atom is 0.309 e. The van der Waals surface area contributed by atoms with E-state index in [4.69, 9.17) is 9.15 Å². The first-order valence-corrected chi connectivity index (χ1v) is 10.8. The Bertz CT molecular complexity index is 986. The Morgan fingerprint density at radius 1 is 1.22 bits per heavy atom. The molecule has 8 nitrogen and oxygen atoms in total. The minimum absolute atomic E-state index is 0.0479. The molecule has 32 heavy (non-hydrogen) atoms. The molecule has 0 aliphatic carbocycles. The van der Waals surface area contributed by atoms with Crippen LogP contribution < -0.4 is 4.74 Å². The van der Waals surface area contributed by atoms with Crippen LogP contribution in [0.25, 0.3) is 0 Å². The van der Waals surface area contributed by atoms with Crippen molar-refractivity contribution in [2.45, 2.75) is 43.7 Å². The van der Waals surface area contributed by atoms with Crippen molar-refractivity contribution in [3.05, 3.63) is 54.0 Å². The minimum Gasteiger partial charge on any atom is -0.497 e. The fraction of sp³-hybridized carbons (Fsp3) is 0.458. The zero-order valence-electron chi connectivity index (χ0n) is 18.3. The van der Waals surface area contributed by atoms with E-state index in [2.05, 4.69) is 0 Å². The van der Waals surface area contributed by atoms with Gasteiger partial charge in [-0.2, -0.15) is 0 Å². The Morgan fingerprint density at radius 2 is 1.97 bits per heavy atom. The number of carbonyl (C=O) groups excluding carboxylic acids is 2. The van der Waals surface area contributed by atoms with E-state index in [9.17, 15) is 19.5 Å². The third kappa shape index (κ3) is 3.74. The summed E-state index contributed by atoms with van der Waals surface area (Å²) in [6.07, 6.45) is 3.57. The number of benzene rings is 1. The molecule has 4 rings (SSSR count). The maximum atomic E-state index is 13.8. The first-order valence-electron chi connectivity index (χ1n) is 10.8. The number of hydrogen-bond donors (Lipinski definition) is 1. The summed E-state index contributed by atoms with van der Waals surface area (Å²) in [4.78, 5) is 42.8. The first kappa shape index (κ1) is 21.9. The number of rotatable bonds is 5. The fourth-order valence-electron chi connectivity index (χ4n) is 5.17. The van der Waals surface area contributed by atoms with E-state index in [1.807, 2.05) is 0 Å². The molecule has 1 aromatic carbocycles. The third-order valence-electron chi connectivity index (χ3n) is 6.69. The number of hydrogen-bond acceptors (Lipinski definition) is 5. The lowest BCUT2D eigenvalue weighted by Crippen LogP contribution is -2.57. The number of likely N-dealkylation sites (tertiary alicyclic amines) is 2. The Morgan fingerprint density at radius 3 is 2.59 bits per heavy atom. The molecule has 0 saturated carbocycles. The van der Waals surface area contributed by atoms with Crippen molar-refractivity contribution in [2.24, 2.45) is 5.92 Å². The van der Waals surface area contributed by atoms with Crippen LogP contribution in [-0.4, -0.2) is 58.9 Å². The molecule has 1 aromatic heterocycles. The second-order valence-corrected chi connectivity index (χ2v) is 8.61. The molecule has 0 radical (unpaired) electrons. The van der Waals surface area contributed by atoms with Crippen molar-refractivity contribution in [2.75, 3.05) is 20.7 Å². The molecule has 3 atom stereocenters. The van der Waals surface area contributed by atoms with Crippen molar-refractivity contribution < 1.29 is 28.6 Å². The van der Waals surface area contributed by atoms with Crippen LogP contribution in [0, 0.1) is 5.92 Å². The quantitative estimate of drug-likeness (QED) is 0.767. The van der Waals surface area contributed by atoms with Crippen molar-refractivity contribution in [1.82, 2.24) is 9.80 Å². The third-order valence-corrected chi connectivity index (χ3v) is 6.69. The molecule has 0 unspecified atom stereocenters. The molecule has 1 N–H and O–H groups in total. The summed E-state index contributed by atoms with van der Waals surface area (Å²) in [5, 5.41) is 10.0. The minimum atomic E-state index is -1.20. The number of likely N-dealkylation sites (N-methyl/N-ethyl adjacent to an activating group) is 1. The summed E-state index contributed by atoms with van der Waals surface area (Å²) in [7, 11) is 3.29. The molecule has 2 fully saturated rings. The van der Waals surface area contributed by atoms with Gasteiger partial charge in [-0.25, -0.2) is 0 Å². The van der Waals surface area contributed by atoms with Gasteiger partial charge in [0, 0.05) is 13.6 Å². The Kier molecular flexibility index (Phi) is 5.95. The highest BCUT2D eigenvalue weighted by molar-refractivity contribution is 5.94. The summed E-state index contributed by atoms with van der Waals surface area (Å²) >= 11 is 0. The average molecular weight is 440 g/mol. The van der Waals surface area contributed by atoms with Gasteiger partial charge >= 0.3 is 5.97 Å². The number of carboxylic acids is 1. The molecule has 2 saturated heterocycles. The predicted octanol–water partition coefficient (Wildman–Crippen LogP) is 2.89. The Hall–Kier alpha value is -3.29. The van der Waals surface area contributed by atoms with Gasteiger partial charge in [0.2, 0.25) is 11.8 Å². The SMILES string of the molecule is COc1ccc(CC(=O)N2[C@@H](c3ccco3)[C@@H](C(=O)O)C[C@]23CCCCN(C)C3=O)cc1. The monoisotopic (exact) mass is 440 g/mol. The van der Waals surface area contributed by atoms with Crippen LogP contribution in [0.5, 0.6) is 5.75 Å². The van der Waals surface area contributed by atoms with Crippen molar-refractivity contribution >= 4 is 17.8 Å². The Balaban J connectivity index is 1.78. The van der Waals surface area contributed by atoms with E-state index in [0.29, 0.717) is 24.5 Å². The van der Waals surface area contributed by atoms with Gasteiger partial charge in [0.05, 0.1) is 25.7 Å². The zero-order chi connectivity index (χ0) is 22.9. The summed E-state index contributed by atoms with van der Waals surface area (Å²) in [6.45, 7) is 0.588. The van der Waals surface area contributed by atoms with E-state index in [1.165, 1.54) is 11.2 Å². The van der Waals surface area contributed by atoms with E-state index in [1.54, 1.807) is 55.5 Å². The molecule has 2 amide bonds. The van der Waals surface area contributed by atoms with Gasteiger partial charge in [0.25, 0.3) is 0 Å². The second-order valence-electron chi connectivity index (χ2n) is 8.61.